The summed E-state index contributed by atoms with van der Waals surface area (Å²) < 4.78 is 10.8. The molecule has 0 radical (unpaired) electrons. The first-order valence-corrected chi connectivity index (χ1v) is 11.9. The van der Waals surface area contributed by atoms with Crippen LogP contribution in [0, 0.1) is 0 Å². The van der Waals surface area contributed by atoms with E-state index in [0.717, 1.165) is 23.5 Å². The van der Waals surface area contributed by atoms with Gasteiger partial charge >= 0.3 is 0 Å². The maximum Gasteiger partial charge on any atom is 0.257 e. The third-order valence-corrected chi connectivity index (χ3v) is 6.59. The number of hydrogen-bond donors (Lipinski definition) is 0. The molecule has 1 fully saturated rings. The summed E-state index contributed by atoms with van der Waals surface area (Å²) in [5.74, 6) is 0.733. The number of carbonyl (C=O) groups excluding carboxylic acids is 2. The molecule has 1 saturated heterocycles. The van der Waals surface area contributed by atoms with E-state index in [-0.39, 0.29) is 11.8 Å². The van der Waals surface area contributed by atoms with Gasteiger partial charge in [-0.15, -0.1) is 0 Å². The van der Waals surface area contributed by atoms with Gasteiger partial charge in [-0.1, -0.05) is 30.4 Å². The lowest BCUT2D eigenvalue weighted by Crippen LogP contribution is -2.50. The summed E-state index contributed by atoms with van der Waals surface area (Å²) in [5, 5.41) is 0. The predicted octanol–water partition coefficient (Wildman–Crippen LogP) is 3.86. The molecule has 0 unspecified atom stereocenters. The van der Waals surface area contributed by atoms with Gasteiger partial charge in [0.1, 0.15) is 5.75 Å². The molecule has 3 aromatic rings. The average molecular weight is 485 g/mol. The van der Waals surface area contributed by atoms with Gasteiger partial charge in [0.05, 0.1) is 19.8 Å². The molecule has 3 heterocycles. The van der Waals surface area contributed by atoms with Gasteiger partial charge in [0.25, 0.3) is 11.8 Å². The molecule has 1 aromatic heterocycles. The lowest BCUT2D eigenvalue weighted by molar-refractivity contribution is 0.0533. The maximum absolute atomic E-state index is 13.4. The first-order valence-electron chi connectivity index (χ1n) is 11.9. The van der Waals surface area contributed by atoms with E-state index in [4.69, 9.17) is 9.47 Å². The van der Waals surface area contributed by atoms with Crippen LogP contribution in [0.1, 0.15) is 26.3 Å². The van der Waals surface area contributed by atoms with Crippen LogP contribution >= 0.6 is 0 Å². The molecule has 8 nitrogen and oxygen atoms in total. The van der Waals surface area contributed by atoms with Crippen molar-refractivity contribution in [3.05, 3.63) is 83.6 Å². The number of nitrogens with zero attached hydrogens (tertiary/aromatic N) is 4. The molecule has 0 saturated carbocycles. The van der Waals surface area contributed by atoms with Crippen molar-refractivity contribution in [3.63, 3.8) is 0 Å². The fraction of sp³-hybridized carbons (Fsp3) is 0.250. The van der Waals surface area contributed by atoms with E-state index in [1.165, 1.54) is 7.11 Å². The number of para-hydroxylation sites is 1. The highest BCUT2D eigenvalue weighted by atomic mass is 16.5. The molecule has 0 atom stereocenters. The number of pyridine rings is 1. The summed E-state index contributed by atoms with van der Waals surface area (Å²) in [6.07, 6.45) is 5.80. The van der Waals surface area contributed by atoms with Crippen molar-refractivity contribution in [2.24, 2.45) is 0 Å². The number of anilines is 2. The Kier molecular flexibility index (Phi) is 6.58. The number of ether oxygens (including phenoxy) is 2. The molecule has 36 heavy (non-hydrogen) atoms. The molecular formula is C28H28N4O4. The molecule has 2 aromatic carbocycles. The van der Waals surface area contributed by atoms with Gasteiger partial charge in [-0.3, -0.25) is 9.59 Å². The van der Waals surface area contributed by atoms with Crippen molar-refractivity contribution >= 4 is 29.3 Å². The van der Waals surface area contributed by atoms with Crippen molar-refractivity contribution in [2.45, 2.75) is 0 Å². The van der Waals surface area contributed by atoms with Crippen molar-refractivity contribution in [2.75, 3.05) is 51.8 Å². The molecule has 0 spiro atoms. The van der Waals surface area contributed by atoms with Crippen LogP contribution in [0.5, 0.6) is 11.6 Å². The number of carbonyl (C=O) groups is 2. The normalized spacial score (nSPS) is 14.9. The van der Waals surface area contributed by atoms with Gasteiger partial charge in [0, 0.05) is 68.0 Å². The predicted molar refractivity (Wildman–Crippen MR) is 138 cm³/mol. The molecule has 0 aliphatic carbocycles. The van der Waals surface area contributed by atoms with Crippen LogP contribution < -0.4 is 14.4 Å². The average Bonchev–Trinajstić information content (AvgIpc) is 2.96. The van der Waals surface area contributed by atoms with E-state index in [1.807, 2.05) is 30.3 Å². The second kappa shape index (κ2) is 10.1. The second-order valence-electron chi connectivity index (χ2n) is 8.63. The zero-order valence-electron chi connectivity index (χ0n) is 20.4. The number of methoxy groups -OCH3 is 2. The molecule has 184 valence electrons. The number of piperazine rings is 1. The molecule has 0 N–H and O–H groups in total. The number of hydrogen-bond acceptors (Lipinski definition) is 6. The number of aromatic nitrogens is 1. The van der Waals surface area contributed by atoms with Crippen LogP contribution in [-0.2, 0) is 0 Å². The Balaban J connectivity index is 1.29. The Hall–Kier alpha value is -4.33. The quantitative estimate of drug-likeness (QED) is 0.548. The Labute approximate surface area is 210 Å². The monoisotopic (exact) mass is 484 g/mol. The highest BCUT2D eigenvalue weighted by molar-refractivity contribution is 5.98. The van der Waals surface area contributed by atoms with Crippen LogP contribution in [0.4, 0.5) is 11.4 Å². The van der Waals surface area contributed by atoms with Crippen molar-refractivity contribution in [1.82, 2.24) is 14.8 Å². The van der Waals surface area contributed by atoms with Gasteiger partial charge in [0.15, 0.2) is 0 Å². The number of benzene rings is 2. The lowest BCUT2D eigenvalue weighted by atomic mass is 10.1. The molecule has 2 aliphatic rings. The van der Waals surface area contributed by atoms with Gasteiger partial charge in [0.2, 0.25) is 5.88 Å². The van der Waals surface area contributed by atoms with Crippen molar-refractivity contribution in [1.29, 1.82) is 0 Å². The van der Waals surface area contributed by atoms with Gasteiger partial charge in [-0.25, -0.2) is 4.98 Å². The molecule has 2 amide bonds. The Morgan fingerprint density at radius 2 is 1.61 bits per heavy atom. The summed E-state index contributed by atoms with van der Waals surface area (Å²) in [7, 11) is 3.10. The number of amides is 2. The minimum absolute atomic E-state index is 0.0967. The van der Waals surface area contributed by atoms with Crippen LogP contribution in [-0.4, -0.2) is 73.5 Å². The Morgan fingerprint density at radius 1 is 0.861 bits per heavy atom. The summed E-state index contributed by atoms with van der Waals surface area (Å²) in [5.41, 5.74) is 4.27. The van der Waals surface area contributed by atoms with Gasteiger partial charge in [-0.05, 0) is 29.8 Å². The van der Waals surface area contributed by atoms with E-state index >= 15 is 0 Å². The summed E-state index contributed by atoms with van der Waals surface area (Å²) in [4.78, 5) is 36.1. The van der Waals surface area contributed by atoms with Crippen LogP contribution in [0.15, 0.2) is 66.9 Å². The minimum atomic E-state index is -0.102. The fourth-order valence-corrected chi connectivity index (χ4v) is 4.65. The van der Waals surface area contributed by atoms with Gasteiger partial charge in [-0.2, -0.15) is 0 Å². The van der Waals surface area contributed by atoms with Crippen LogP contribution in [0.3, 0.4) is 0 Å². The smallest absolute Gasteiger partial charge is 0.257 e. The standard InChI is InChI=1S/C28H28N4O4/c1-35-25-19-22(32-13-5-7-20-6-3-4-8-24(20)32)9-10-23(25)28(34)31-16-14-30(15-17-31)27(33)21-11-12-29-26(18-21)36-2/h3-12,18-19H,13-17H2,1-2H3. The van der Waals surface area contributed by atoms with E-state index < -0.39 is 0 Å². The van der Waals surface area contributed by atoms with E-state index in [2.05, 4.69) is 34.2 Å². The summed E-state index contributed by atoms with van der Waals surface area (Å²) in [6, 6.07) is 17.2. The SMILES string of the molecule is COc1cc(C(=O)N2CCN(C(=O)c3ccc(N4CC=Cc5ccccc54)cc3OC)CC2)ccn1. The summed E-state index contributed by atoms with van der Waals surface area (Å²) >= 11 is 0. The Morgan fingerprint density at radius 3 is 2.36 bits per heavy atom. The third-order valence-electron chi connectivity index (χ3n) is 6.59. The van der Waals surface area contributed by atoms with E-state index in [1.54, 1.807) is 35.2 Å². The molecule has 5 rings (SSSR count). The van der Waals surface area contributed by atoms with Crippen molar-refractivity contribution in [3.8, 4) is 11.6 Å². The third kappa shape index (κ3) is 4.49. The Bertz CT molecular complexity index is 1310. The lowest BCUT2D eigenvalue weighted by Gasteiger charge is -2.35. The maximum atomic E-state index is 13.4. The van der Waals surface area contributed by atoms with Crippen molar-refractivity contribution < 1.29 is 19.1 Å². The largest absolute Gasteiger partial charge is 0.496 e. The topological polar surface area (TPSA) is 75.2 Å². The fourth-order valence-electron chi connectivity index (χ4n) is 4.65. The zero-order chi connectivity index (χ0) is 25.1. The minimum Gasteiger partial charge on any atom is -0.496 e. The highest BCUT2D eigenvalue weighted by Gasteiger charge is 2.28. The second-order valence-corrected chi connectivity index (χ2v) is 8.63. The first-order chi connectivity index (χ1) is 17.6. The van der Waals surface area contributed by atoms with Crippen LogP contribution in [0.25, 0.3) is 6.08 Å². The molecule has 8 heteroatoms. The van der Waals surface area contributed by atoms with E-state index in [9.17, 15) is 9.59 Å². The molecular weight excluding hydrogens is 456 g/mol. The number of fused-ring (bicyclic) bond motifs is 1. The zero-order valence-corrected chi connectivity index (χ0v) is 20.4. The molecule has 2 aliphatic heterocycles. The van der Waals surface area contributed by atoms with Gasteiger partial charge < -0.3 is 24.2 Å². The van der Waals surface area contributed by atoms with Crippen LogP contribution in [0.2, 0.25) is 0 Å². The highest BCUT2D eigenvalue weighted by Crippen LogP contribution is 2.35. The number of rotatable bonds is 5. The first kappa shape index (κ1) is 23.4. The van der Waals surface area contributed by atoms with E-state index in [0.29, 0.717) is 48.9 Å². The summed E-state index contributed by atoms with van der Waals surface area (Å²) in [6.45, 7) is 2.54. The molecule has 0 bridgehead atoms.